The highest BCUT2D eigenvalue weighted by atomic mass is 127. The smallest absolute Gasteiger partial charge is 0.101 e. The van der Waals surface area contributed by atoms with Crippen molar-refractivity contribution in [3.05, 3.63) is 21.5 Å². The molecule has 0 amide bonds. The molecule has 17 heavy (non-hydrogen) atoms. The Morgan fingerprint density at radius 1 is 1.41 bits per heavy atom. The van der Waals surface area contributed by atoms with E-state index in [2.05, 4.69) is 71.4 Å². The maximum atomic E-state index is 4.51. The van der Waals surface area contributed by atoms with E-state index in [1.54, 1.807) is 5.19 Å². The van der Waals surface area contributed by atoms with Crippen LogP contribution in [0.4, 0.5) is 0 Å². The second kappa shape index (κ2) is 4.97. The molecule has 2 nitrogen and oxygen atoms in total. The minimum atomic E-state index is -1.28. The Morgan fingerprint density at radius 2 is 2.12 bits per heavy atom. The molecule has 1 saturated heterocycles. The second-order valence-corrected chi connectivity index (χ2v) is 12.1. The van der Waals surface area contributed by atoms with Crippen LogP contribution in [0.3, 0.4) is 0 Å². The summed E-state index contributed by atoms with van der Waals surface area (Å²) in [5, 5.41) is 1.59. The van der Waals surface area contributed by atoms with Crippen LogP contribution in [0, 0.1) is 3.70 Å². The average molecular weight is 360 g/mol. The fourth-order valence-corrected chi connectivity index (χ4v) is 5.07. The van der Waals surface area contributed by atoms with E-state index in [1.807, 2.05) is 0 Å². The van der Waals surface area contributed by atoms with Crippen LogP contribution in [0.15, 0.2) is 12.3 Å². The highest BCUT2D eigenvalue weighted by Gasteiger charge is 2.29. The molecule has 1 aromatic heterocycles. The lowest BCUT2D eigenvalue weighted by molar-refractivity contribution is 0.318. The fourth-order valence-electron chi connectivity index (χ4n) is 2.66. The number of pyridine rings is 1. The summed E-state index contributed by atoms with van der Waals surface area (Å²) in [6, 6.07) is 2.91. The van der Waals surface area contributed by atoms with Crippen LogP contribution in [-0.4, -0.2) is 31.6 Å². The quantitative estimate of drug-likeness (QED) is 0.458. The number of hydrogen-bond acceptors (Lipinski definition) is 2. The number of hydrogen-bond donors (Lipinski definition) is 0. The number of nitrogens with zero attached hydrogens (tertiary/aromatic N) is 2. The van der Waals surface area contributed by atoms with Gasteiger partial charge in [-0.1, -0.05) is 24.8 Å². The van der Waals surface area contributed by atoms with Gasteiger partial charge in [-0.25, -0.2) is 4.98 Å². The first-order valence-electron chi connectivity index (χ1n) is 6.26. The van der Waals surface area contributed by atoms with Gasteiger partial charge in [-0.3, -0.25) is 4.90 Å². The first-order chi connectivity index (χ1) is 7.89. The van der Waals surface area contributed by atoms with Crippen molar-refractivity contribution in [1.29, 1.82) is 0 Å². The Kier molecular flexibility index (Phi) is 3.95. The summed E-state index contributed by atoms with van der Waals surface area (Å²) < 4.78 is 1.13. The van der Waals surface area contributed by atoms with Crippen LogP contribution < -0.4 is 5.19 Å². The van der Waals surface area contributed by atoms with Crippen molar-refractivity contribution >= 4 is 35.9 Å². The predicted molar refractivity (Wildman–Crippen MR) is 84.5 cm³/mol. The molecular weight excluding hydrogens is 339 g/mol. The van der Waals surface area contributed by atoms with Crippen LogP contribution in [0.5, 0.6) is 0 Å². The highest BCUT2D eigenvalue weighted by Crippen LogP contribution is 2.30. The van der Waals surface area contributed by atoms with Crippen molar-refractivity contribution < 1.29 is 0 Å². The van der Waals surface area contributed by atoms with E-state index in [1.165, 1.54) is 24.9 Å². The highest BCUT2D eigenvalue weighted by molar-refractivity contribution is 14.1. The zero-order valence-corrected chi connectivity index (χ0v) is 14.3. The Hall–Kier alpha value is 0.0569. The predicted octanol–water partition coefficient (Wildman–Crippen LogP) is 3.00. The molecule has 0 bridgehead atoms. The topological polar surface area (TPSA) is 16.1 Å². The van der Waals surface area contributed by atoms with E-state index < -0.39 is 8.07 Å². The first kappa shape index (κ1) is 13.5. The third-order valence-electron chi connectivity index (χ3n) is 3.59. The van der Waals surface area contributed by atoms with Crippen molar-refractivity contribution in [2.45, 2.75) is 38.5 Å². The van der Waals surface area contributed by atoms with Crippen molar-refractivity contribution in [3.63, 3.8) is 0 Å². The lowest BCUT2D eigenvalue weighted by Crippen LogP contribution is -2.42. The molecule has 0 spiro atoms. The molecule has 1 aliphatic rings. The van der Waals surface area contributed by atoms with Gasteiger partial charge in [-0.05, 0) is 60.7 Å². The van der Waals surface area contributed by atoms with Crippen LogP contribution in [0.1, 0.15) is 24.4 Å². The summed E-state index contributed by atoms with van der Waals surface area (Å²) in [5.74, 6) is 0. The summed E-state index contributed by atoms with van der Waals surface area (Å²) in [7, 11) is 0.962. The van der Waals surface area contributed by atoms with Gasteiger partial charge >= 0.3 is 0 Å². The molecule has 0 aromatic carbocycles. The number of likely N-dealkylation sites (tertiary alicyclic amines) is 1. The monoisotopic (exact) mass is 360 g/mol. The van der Waals surface area contributed by atoms with Gasteiger partial charge in [-0.2, -0.15) is 0 Å². The van der Waals surface area contributed by atoms with E-state index >= 15 is 0 Å². The molecule has 0 radical (unpaired) electrons. The molecule has 1 aromatic rings. The SMILES string of the molecule is CN1CCCC1c1cnc(I)cc1[Si](C)(C)C. The summed E-state index contributed by atoms with van der Waals surface area (Å²) in [4.78, 5) is 6.99. The van der Waals surface area contributed by atoms with Gasteiger partial charge in [0.05, 0.1) is 8.07 Å². The first-order valence-corrected chi connectivity index (χ1v) is 10.8. The van der Waals surface area contributed by atoms with E-state index in [0.717, 1.165) is 3.70 Å². The van der Waals surface area contributed by atoms with Crippen molar-refractivity contribution in [3.8, 4) is 0 Å². The Balaban J connectivity index is 2.46. The van der Waals surface area contributed by atoms with Gasteiger partial charge in [0.25, 0.3) is 0 Å². The number of halogens is 1. The Labute approximate surface area is 119 Å². The summed E-state index contributed by atoms with van der Waals surface area (Å²) >= 11 is 2.33. The number of rotatable bonds is 2. The van der Waals surface area contributed by atoms with Gasteiger partial charge in [0.1, 0.15) is 3.70 Å². The van der Waals surface area contributed by atoms with E-state index in [0.29, 0.717) is 6.04 Å². The van der Waals surface area contributed by atoms with Gasteiger partial charge in [0.2, 0.25) is 0 Å². The molecule has 0 saturated carbocycles. The van der Waals surface area contributed by atoms with Crippen LogP contribution in [0.25, 0.3) is 0 Å². The van der Waals surface area contributed by atoms with Crippen LogP contribution in [0.2, 0.25) is 19.6 Å². The van der Waals surface area contributed by atoms with Gasteiger partial charge in [0, 0.05) is 12.2 Å². The Bertz CT molecular complexity index is 414. The maximum Gasteiger partial charge on any atom is 0.101 e. The van der Waals surface area contributed by atoms with Crippen LogP contribution in [-0.2, 0) is 0 Å². The van der Waals surface area contributed by atoms with E-state index in [9.17, 15) is 0 Å². The molecule has 4 heteroatoms. The number of aromatic nitrogens is 1. The lowest BCUT2D eigenvalue weighted by Gasteiger charge is -2.27. The Morgan fingerprint density at radius 3 is 2.65 bits per heavy atom. The van der Waals surface area contributed by atoms with Crippen LogP contribution >= 0.6 is 22.6 Å². The molecule has 1 fully saturated rings. The zero-order valence-electron chi connectivity index (χ0n) is 11.1. The molecule has 0 N–H and O–H groups in total. The molecule has 2 heterocycles. The normalized spacial score (nSPS) is 22.1. The lowest BCUT2D eigenvalue weighted by atomic mass is 10.1. The largest absolute Gasteiger partial charge is 0.299 e. The van der Waals surface area contributed by atoms with Crippen molar-refractivity contribution in [1.82, 2.24) is 9.88 Å². The summed E-state index contributed by atoms with van der Waals surface area (Å²) in [6.07, 6.45) is 4.73. The van der Waals surface area contributed by atoms with Gasteiger partial charge < -0.3 is 0 Å². The molecular formula is C13H21IN2Si. The third-order valence-corrected chi connectivity index (χ3v) is 6.23. The third kappa shape index (κ3) is 2.90. The molecule has 1 atom stereocenters. The molecule has 1 aliphatic heterocycles. The zero-order chi connectivity index (χ0) is 12.6. The van der Waals surface area contributed by atoms with E-state index in [-0.39, 0.29) is 0 Å². The summed E-state index contributed by atoms with van der Waals surface area (Å²) in [5.41, 5.74) is 1.49. The fraction of sp³-hybridized carbons (Fsp3) is 0.615. The molecule has 1 unspecified atom stereocenters. The maximum absolute atomic E-state index is 4.51. The second-order valence-electron chi connectivity index (χ2n) is 5.98. The summed E-state index contributed by atoms with van der Waals surface area (Å²) in [6.45, 7) is 8.51. The van der Waals surface area contributed by atoms with Gasteiger partial charge in [0.15, 0.2) is 0 Å². The van der Waals surface area contributed by atoms with E-state index in [4.69, 9.17) is 0 Å². The standard InChI is InChI=1S/C13H21IN2Si/c1-16-7-5-6-11(16)10-9-15-13(14)8-12(10)17(2,3)4/h8-9,11H,5-7H2,1-4H3. The molecule has 0 aliphatic carbocycles. The molecule has 2 rings (SSSR count). The van der Waals surface area contributed by atoms with Gasteiger partial charge in [-0.15, -0.1) is 0 Å². The molecule has 94 valence electrons. The van der Waals surface area contributed by atoms with Crippen molar-refractivity contribution in [2.24, 2.45) is 0 Å². The average Bonchev–Trinajstić information content (AvgIpc) is 2.63. The minimum absolute atomic E-state index is 0.598. The minimum Gasteiger partial charge on any atom is -0.299 e. The van der Waals surface area contributed by atoms with Crippen molar-refractivity contribution in [2.75, 3.05) is 13.6 Å².